The summed E-state index contributed by atoms with van der Waals surface area (Å²) >= 11 is 0. The molecule has 0 radical (unpaired) electrons. The number of rotatable bonds is 4. The van der Waals surface area contributed by atoms with Crippen LogP contribution in [-0.4, -0.2) is 39.6 Å². The molecule has 3 rings (SSSR count). The molecule has 0 saturated carbocycles. The number of hydrogen-bond donors (Lipinski definition) is 4. The zero-order valence-corrected chi connectivity index (χ0v) is 15.6. The zero-order chi connectivity index (χ0) is 23.0. The fourth-order valence-corrected chi connectivity index (χ4v) is 2.15. The van der Waals surface area contributed by atoms with Gasteiger partial charge in [-0.2, -0.15) is 23.4 Å². The third kappa shape index (κ3) is 7.27. The molecule has 2 aromatic carbocycles. The van der Waals surface area contributed by atoms with Crippen molar-refractivity contribution in [3.63, 3.8) is 0 Å². The van der Waals surface area contributed by atoms with Crippen molar-refractivity contribution in [2.75, 3.05) is 0 Å². The maximum atomic E-state index is 13.0. The first-order chi connectivity index (χ1) is 14.6. The van der Waals surface area contributed by atoms with Crippen LogP contribution < -0.4 is 11.5 Å². The third-order valence-electron chi connectivity index (χ3n) is 3.56. The molecule has 0 fully saturated rings. The highest BCUT2D eigenvalue weighted by Gasteiger charge is 2.38. The van der Waals surface area contributed by atoms with E-state index >= 15 is 0 Å². The monoisotopic (exact) mass is 436 g/mol. The van der Waals surface area contributed by atoms with Crippen LogP contribution in [0.2, 0.25) is 0 Å². The van der Waals surface area contributed by atoms with E-state index in [-0.39, 0.29) is 11.8 Å². The quantitative estimate of drug-likeness (QED) is 0.215. The molecule has 1 aromatic heterocycles. The van der Waals surface area contributed by atoms with Crippen LogP contribution in [0.5, 0.6) is 0 Å². The summed E-state index contributed by atoms with van der Waals surface area (Å²) in [7, 11) is 0. The Kier molecular flexibility index (Phi) is 7.44. The minimum absolute atomic E-state index is 0.0901. The van der Waals surface area contributed by atoms with E-state index in [0.29, 0.717) is 0 Å². The Balaban J connectivity index is 0.000000423. The van der Waals surface area contributed by atoms with Crippen LogP contribution in [0.1, 0.15) is 5.56 Å². The summed E-state index contributed by atoms with van der Waals surface area (Å²) in [4.78, 5) is 8.90. The highest BCUT2D eigenvalue weighted by Crippen LogP contribution is 2.24. The third-order valence-corrected chi connectivity index (χ3v) is 3.56. The topological polar surface area (TPSA) is 143 Å². The Morgan fingerprint density at radius 1 is 1.03 bits per heavy atom. The largest absolute Gasteiger partial charge is 0.490 e. The van der Waals surface area contributed by atoms with E-state index in [1.54, 1.807) is 18.3 Å². The van der Waals surface area contributed by atoms with E-state index in [1.165, 1.54) is 12.1 Å². The number of hydrogen-bond acceptors (Lipinski definition) is 4. The molecule has 12 heteroatoms. The van der Waals surface area contributed by atoms with E-state index < -0.39 is 12.1 Å². The second-order valence-electron chi connectivity index (χ2n) is 5.87. The molecule has 8 nitrogen and oxygen atoms in total. The number of H-pyrrole nitrogens is 1. The Morgan fingerprint density at radius 2 is 1.58 bits per heavy atom. The number of benzene rings is 2. The van der Waals surface area contributed by atoms with Crippen LogP contribution in [0.3, 0.4) is 0 Å². The van der Waals surface area contributed by atoms with Gasteiger partial charge in [0.25, 0.3) is 0 Å². The molecule has 0 aliphatic heterocycles. The number of carbonyl (C=O) groups is 1. The van der Waals surface area contributed by atoms with Crippen LogP contribution in [-0.2, 0) is 4.79 Å². The second-order valence-corrected chi connectivity index (χ2v) is 5.87. The SMILES string of the molecule is NC(N)=N/N=C/c1ccc(-c2cc(-c3ccc(F)cc3)[nH]n2)cc1.O=C(O)C(F)(F)F. The Labute approximate surface area is 172 Å². The number of halogens is 4. The summed E-state index contributed by atoms with van der Waals surface area (Å²) in [5.74, 6) is -3.11. The summed E-state index contributed by atoms with van der Waals surface area (Å²) in [6.45, 7) is 0. The number of aliphatic carboxylic acids is 1. The lowest BCUT2D eigenvalue weighted by molar-refractivity contribution is -0.192. The number of nitrogens with one attached hydrogen (secondary N) is 1. The van der Waals surface area contributed by atoms with Gasteiger partial charge in [-0.3, -0.25) is 5.10 Å². The summed E-state index contributed by atoms with van der Waals surface area (Å²) in [5.41, 5.74) is 14.7. The first-order valence-electron chi connectivity index (χ1n) is 8.40. The van der Waals surface area contributed by atoms with E-state index in [4.69, 9.17) is 21.4 Å². The van der Waals surface area contributed by atoms with Crippen molar-refractivity contribution < 1.29 is 27.5 Å². The lowest BCUT2D eigenvalue weighted by atomic mass is 10.1. The van der Waals surface area contributed by atoms with Gasteiger partial charge in [0.2, 0.25) is 5.96 Å². The molecule has 0 spiro atoms. The van der Waals surface area contributed by atoms with E-state index in [2.05, 4.69) is 20.4 Å². The number of aromatic amines is 1. The molecule has 1 heterocycles. The van der Waals surface area contributed by atoms with Crippen molar-refractivity contribution in [1.29, 1.82) is 0 Å². The van der Waals surface area contributed by atoms with Crippen LogP contribution in [0.25, 0.3) is 22.5 Å². The Hall–Kier alpha value is -4.22. The van der Waals surface area contributed by atoms with Gasteiger partial charge in [-0.1, -0.05) is 24.3 Å². The summed E-state index contributed by atoms with van der Waals surface area (Å²) in [5, 5.41) is 21.7. The van der Waals surface area contributed by atoms with Gasteiger partial charge >= 0.3 is 12.1 Å². The maximum absolute atomic E-state index is 13.0. The molecule has 0 amide bonds. The minimum atomic E-state index is -5.08. The number of aromatic nitrogens is 2. The summed E-state index contributed by atoms with van der Waals surface area (Å²) < 4.78 is 44.7. The minimum Gasteiger partial charge on any atom is -0.475 e. The number of nitrogens with zero attached hydrogens (tertiary/aromatic N) is 3. The van der Waals surface area contributed by atoms with Crippen LogP contribution in [0, 0.1) is 5.82 Å². The molecule has 0 bridgehead atoms. The van der Waals surface area contributed by atoms with Crippen LogP contribution in [0.15, 0.2) is 64.8 Å². The fourth-order valence-electron chi connectivity index (χ4n) is 2.15. The lowest BCUT2D eigenvalue weighted by Gasteiger charge is -1.97. The van der Waals surface area contributed by atoms with Gasteiger partial charge in [-0.15, -0.1) is 5.10 Å². The van der Waals surface area contributed by atoms with Crippen molar-refractivity contribution in [2.24, 2.45) is 21.7 Å². The standard InChI is InChI=1S/C17H15FN6.C2HF3O2/c18-14-7-5-13(6-8-14)16-9-15(22-23-16)12-3-1-11(2-4-12)10-21-24-17(19)20;3-2(4,5)1(6)7/h1-10H,(H,22,23)(H4,19,20,24);(H,6,7)/b21-10+;. The predicted octanol–water partition coefficient (Wildman–Crippen LogP) is 3.12. The van der Waals surface area contributed by atoms with Gasteiger partial charge in [0.05, 0.1) is 17.6 Å². The van der Waals surface area contributed by atoms with Crippen molar-refractivity contribution in [3.05, 3.63) is 66.0 Å². The molecule has 0 aliphatic rings. The Morgan fingerprint density at radius 3 is 2.10 bits per heavy atom. The number of nitrogens with two attached hydrogens (primary N) is 2. The average molecular weight is 436 g/mol. The first kappa shape index (κ1) is 23.1. The van der Waals surface area contributed by atoms with Crippen LogP contribution >= 0.6 is 0 Å². The molecule has 31 heavy (non-hydrogen) atoms. The molecule has 3 aromatic rings. The van der Waals surface area contributed by atoms with Crippen molar-refractivity contribution >= 4 is 18.1 Å². The number of carboxylic acid groups (broad SMARTS) is 1. The molecule has 162 valence electrons. The molecular weight excluding hydrogens is 420 g/mol. The predicted molar refractivity (Wildman–Crippen MR) is 107 cm³/mol. The maximum Gasteiger partial charge on any atom is 0.490 e. The fraction of sp³-hybridized carbons (Fsp3) is 0.0526. The highest BCUT2D eigenvalue weighted by atomic mass is 19.4. The number of alkyl halides is 3. The van der Waals surface area contributed by atoms with E-state index in [1.807, 2.05) is 30.3 Å². The van der Waals surface area contributed by atoms with Gasteiger partial charge in [0.15, 0.2) is 0 Å². The summed E-state index contributed by atoms with van der Waals surface area (Å²) in [6, 6.07) is 15.8. The smallest absolute Gasteiger partial charge is 0.475 e. The number of carboxylic acids is 1. The molecule has 6 N–H and O–H groups in total. The van der Waals surface area contributed by atoms with Crippen molar-refractivity contribution in [3.8, 4) is 22.5 Å². The van der Waals surface area contributed by atoms with E-state index in [9.17, 15) is 17.6 Å². The van der Waals surface area contributed by atoms with Crippen molar-refractivity contribution in [1.82, 2.24) is 10.2 Å². The lowest BCUT2D eigenvalue weighted by Crippen LogP contribution is -2.21. The van der Waals surface area contributed by atoms with Gasteiger partial charge in [0, 0.05) is 5.56 Å². The molecule has 0 atom stereocenters. The van der Waals surface area contributed by atoms with Gasteiger partial charge in [0.1, 0.15) is 5.82 Å². The van der Waals surface area contributed by atoms with Gasteiger partial charge in [-0.25, -0.2) is 9.18 Å². The molecular formula is C19H16F4N6O2. The summed E-state index contributed by atoms with van der Waals surface area (Å²) in [6.07, 6.45) is -3.53. The van der Waals surface area contributed by atoms with E-state index in [0.717, 1.165) is 28.1 Å². The number of guanidine groups is 1. The van der Waals surface area contributed by atoms with Gasteiger partial charge < -0.3 is 16.6 Å². The zero-order valence-electron chi connectivity index (χ0n) is 15.6. The first-order valence-corrected chi connectivity index (χ1v) is 8.40. The van der Waals surface area contributed by atoms with Crippen molar-refractivity contribution in [2.45, 2.75) is 6.18 Å². The highest BCUT2D eigenvalue weighted by molar-refractivity contribution is 5.82. The molecule has 0 unspecified atom stereocenters. The normalized spacial score (nSPS) is 11.0. The second kappa shape index (κ2) is 10.0. The molecule has 0 saturated heterocycles. The Bertz CT molecular complexity index is 1070. The molecule has 0 aliphatic carbocycles. The van der Waals surface area contributed by atoms with Gasteiger partial charge in [-0.05, 0) is 41.5 Å². The van der Waals surface area contributed by atoms with Crippen LogP contribution in [0.4, 0.5) is 17.6 Å². The average Bonchev–Trinajstić information content (AvgIpc) is 3.19.